The van der Waals surface area contributed by atoms with E-state index < -0.39 is 17.5 Å². The smallest absolute Gasteiger partial charge is 0.406 e. The van der Waals surface area contributed by atoms with Crippen LogP contribution in [-0.4, -0.2) is 17.6 Å². The number of nitrogens with zero attached hydrogens (tertiary/aromatic N) is 2. The lowest BCUT2D eigenvalue weighted by Gasteiger charge is -2.13. The van der Waals surface area contributed by atoms with Crippen LogP contribution in [0.15, 0.2) is 35.9 Å². The maximum atomic E-state index is 11.9. The number of benzene rings is 1. The molecule has 4 nitrogen and oxygen atoms in total. The Morgan fingerprint density at radius 1 is 1.39 bits per heavy atom. The summed E-state index contributed by atoms with van der Waals surface area (Å²) in [6.07, 6.45) is -4.78. The van der Waals surface area contributed by atoms with Crippen LogP contribution in [0, 0.1) is 0 Å². The molecule has 0 bridgehead atoms. The second-order valence-electron chi connectivity index (χ2n) is 2.86. The van der Waals surface area contributed by atoms with Gasteiger partial charge in [-0.15, -0.1) is 18.3 Å². The SMILES string of the molecule is C=C=NN(C(=O)Cl)c1ccc(OC(F)(F)F)cc1. The average molecular weight is 279 g/mol. The van der Waals surface area contributed by atoms with Crippen molar-refractivity contribution in [2.75, 3.05) is 5.01 Å². The minimum absolute atomic E-state index is 0.153. The maximum Gasteiger partial charge on any atom is 0.573 e. The van der Waals surface area contributed by atoms with E-state index in [1.165, 1.54) is 12.1 Å². The first-order valence-electron chi connectivity index (χ1n) is 4.41. The second kappa shape index (κ2) is 5.57. The maximum absolute atomic E-state index is 11.9. The van der Waals surface area contributed by atoms with Crippen molar-refractivity contribution in [1.82, 2.24) is 0 Å². The lowest BCUT2D eigenvalue weighted by Crippen LogP contribution is -2.19. The highest BCUT2D eigenvalue weighted by Gasteiger charge is 2.31. The van der Waals surface area contributed by atoms with Crippen LogP contribution in [0.1, 0.15) is 0 Å². The summed E-state index contributed by atoms with van der Waals surface area (Å²) in [5, 5.41) is 3.19. The first-order valence-corrected chi connectivity index (χ1v) is 4.79. The van der Waals surface area contributed by atoms with Crippen molar-refractivity contribution >= 4 is 28.5 Å². The van der Waals surface area contributed by atoms with E-state index in [1.54, 1.807) is 0 Å². The highest BCUT2D eigenvalue weighted by Crippen LogP contribution is 2.25. The van der Waals surface area contributed by atoms with E-state index >= 15 is 0 Å². The van der Waals surface area contributed by atoms with Crippen LogP contribution in [0.4, 0.5) is 23.7 Å². The minimum Gasteiger partial charge on any atom is -0.406 e. The zero-order valence-corrected chi connectivity index (χ0v) is 9.50. The van der Waals surface area contributed by atoms with E-state index in [2.05, 4.69) is 22.3 Å². The van der Waals surface area contributed by atoms with Crippen molar-refractivity contribution in [3.05, 3.63) is 30.8 Å². The van der Waals surface area contributed by atoms with Gasteiger partial charge in [-0.3, -0.25) is 4.79 Å². The Labute approximate surface area is 105 Å². The minimum atomic E-state index is -4.78. The molecule has 0 fully saturated rings. The van der Waals surface area contributed by atoms with Crippen LogP contribution in [0.5, 0.6) is 5.75 Å². The number of alkyl halides is 3. The Kier molecular flexibility index (Phi) is 4.36. The fourth-order valence-corrected chi connectivity index (χ4v) is 1.19. The van der Waals surface area contributed by atoms with Crippen LogP contribution < -0.4 is 9.75 Å². The predicted octanol–water partition coefficient (Wildman–Crippen LogP) is 3.52. The first kappa shape index (κ1) is 14.1. The molecule has 0 aromatic heterocycles. The molecular formula is C10H6ClF3N2O2. The number of hydrogen-bond donors (Lipinski definition) is 0. The Hall–Kier alpha value is -1.98. The zero-order chi connectivity index (χ0) is 13.8. The van der Waals surface area contributed by atoms with Gasteiger partial charge in [0.15, 0.2) is 0 Å². The molecule has 0 aliphatic carbocycles. The molecule has 0 aliphatic heterocycles. The van der Waals surface area contributed by atoms with E-state index in [4.69, 9.17) is 11.6 Å². The van der Waals surface area contributed by atoms with Gasteiger partial charge < -0.3 is 4.74 Å². The lowest BCUT2D eigenvalue weighted by atomic mass is 10.3. The van der Waals surface area contributed by atoms with Crippen LogP contribution in [0.25, 0.3) is 0 Å². The number of anilines is 1. The van der Waals surface area contributed by atoms with Crippen molar-refractivity contribution in [3.63, 3.8) is 0 Å². The monoisotopic (exact) mass is 278 g/mol. The molecule has 1 aromatic rings. The van der Waals surface area contributed by atoms with Crippen molar-refractivity contribution in [3.8, 4) is 5.75 Å². The fourth-order valence-electron chi connectivity index (χ4n) is 1.06. The molecule has 18 heavy (non-hydrogen) atoms. The van der Waals surface area contributed by atoms with E-state index in [0.29, 0.717) is 5.01 Å². The molecule has 1 rings (SSSR count). The molecule has 0 unspecified atom stereocenters. The second-order valence-corrected chi connectivity index (χ2v) is 3.19. The quantitative estimate of drug-likeness (QED) is 0.367. The topological polar surface area (TPSA) is 41.9 Å². The Morgan fingerprint density at radius 2 is 1.94 bits per heavy atom. The standard InChI is InChI=1S/C10H6ClF3N2O2/c1-2-15-16(9(11)17)7-3-5-8(6-4-7)18-10(12,13)14/h3-6H,1H2. The van der Waals surface area contributed by atoms with Gasteiger partial charge in [0.05, 0.1) is 5.69 Å². The Bertz CT molecular complexity index is 479. The van der Waals surface area contributed by atoms with Gasteiger partial charge in [-0.05, 0) is 42.4 Å². The summed E-state index contributed by atoms with van der Waals surface area (Å²) in [6.45, 7) is 3.16. The highest BCUT2D eigenvalue weighted by molar-refractivity contribution is 6.66. The molecule has 1 amide bonds. The summed E-state index contributed by atoms with van der Waals surface area (Å²) in [5.74, 6) is 1.66. The average Bonchev–Trinajstić information content (AvgIpc) is 2.25. The number of ether oxygens (including phenoxy) is 1. The van der Waals surface area contributed by atoms with Crippen molar-refractivity contribution in [2.45, 2.75) is 6.36 Å². The molecule has 0 saturated carbocycles. The molecule has 0 spiro atoms. The summed E-state index contributed by atoms with van der Waals surface area (Å²) in [4.78, 5) is 11.0. The highest BCUT2D eigenvalue weighted by atomic mass is 35.5. The molecule has 8 heteroatoms. The molecule has 0 N–H and O–H groups in total. The predicted molar refractivity (Wildman–Crippen MR) is 59.9 cm³/mol. The number of rotatable bonds is 3. The summed E-state index contributed by atoms with van der Waals surface area (Å²) < 4.78 is 39.4. The van der Waals surface area contributed by atoms with E-state index in [9.17, 15) is 18.0 Å². The van der Waals surface area contributed by atoms with Crippen LogP contribution in [0.3, 0.4) is 0 Å². The molecule has 0 heterocycles. The lowest BCUT2D eigenvalue weighted by molar-refractivity contribution is -0.274. The summed E-state index contributed by atoms with van der Waals surface area (Å²) >= 11 is 5.22. The third-order valence-electron chi connectivity index (χ3n) is 1.65. The number of carbonyl (C=O) groups is 1. The zero-order valence-electron chi connectivity index (χ0n) is 8.74. The molecule has 0 atom stereocenters. The molecular weight excluding hydrogens is 273 g/mol. The molecule has 0 aliphatic rings. The van der Waals surface area contributed by atoms with Gasteiger partial charge in [0.1, 0.15) is 5.75 Å². The number of carbonyl (C=O) groups excluding carboxylic acids is 1. The summed E-state index contributed by atoms with van der Waals surface area (Å²) in [5.41, 5.74) is 0.153. The van der Waals surface area contributed by atoms with E-state index in [0.717, 1.165) is 12.1 Å². The molecule has 0 radical (unpaired) electrons. The van der Waals surface area contributed by atoms with Gasteiger partial charge in [0.25, 0.3) is 0 Å². The van der Waals surface area contributed by atoms with Crippen molar-refractivity contribution < 1.29 is 22.7 Å². The summed E-state index contributed by atoms with van der Waals surface area (Å²) in [7, 11) is 0. The van der Waals surface area contributed by atoms with Crippen molar-refractivity contribution in [2.24, 2.45) is 5.10 Å². The van der Waals surface area contributed by atoms with Gasteiger partial charge >= 0.3 is 11.7 Å². The van der Waals surface area contributed by atoms with Crippen LogP contribution >= 0.6 is 11.6 Å². The number of amides is 1. The largest absolute Gasteiger partial charge is 0.573 e. The van der Waals surface area contributed by atoms with Crippen LogP contribution in [-0.2, 0) is 0 Å². The first-order chi connectivity index (χ1) is 8.33. The van der Waals surface area contributed by atoms with Gasteiger partial charge in [-0.25, -0.2) is 0 Å². The fraction of sp³-hybridized carbons (Fsp3) is 0.100. The third kappa shape index (κ3) is 4.12. The van der Waals surface area contributed by atoms with E-state index in [1.807, 2.05) is 0 Å². The van der Waals surface area contributed by atoms with Crippen LogP contribution in [0.2, 0.25) is 0 Å². The Morgan fingerprint density at radius 3 is 2.33 bits per heavy atom. The molecule has 96 valence electrons. The molecule has 1 aromatic carbocycles. The molecule has 0 saturated heterocycles. The summed E-state index contributed by atoms with van der Waals surface area (Å²) in [6, 6.07) is 4.41. The normalized spacial score (nSPS) is 10.4. The third-order valence-corrected chi connectivity index (χ3v) is 1.81. The number of hydrogen-bond acceptors (Lipinski definition) is 3. The van der Waals surface area contributed by atoms with Gasteiger partial charge in [-0.2, -0.15) is 5.01 Å². The van der Waals surface area contributed by atoms with Crippen molar-refractivity contribution in [1.29, 1.82) is 0 Å². The van der Waals surface area contributed by atoms with Gasteiger partial charge in [-0.1, -0.05) is 0 Å². The van der Waals surface area contributed by atoms with E-state index in [-0.39, 0.29) is 5.69 Å². The number of hydrazone groups is 1. The Balaban J connectivity index is 2.94. The number of halogens is 4. The van der Waals surface area contributed by atoms with Gasteiger partial charge in [0.2, 0.25) is 0 Å². The van der Waals surface area contributed by atoms with Gasteiger partial charge in [0, 0.05) is 5.87 Å².